The molecule has 1 N–H and O–H groups in total. The van der Waals surface area contributed by atoms with Crippen molar-refractivity contribution in [1.29, 1.82) is 0 Å². The van der Waals surface area contributed by atoms with Crippen LogP contribution < -0.4 is 14.8 Å². The highest BCUT2D eigenvalue weighted by Gasteiger charge is 2.27. The normalized spacial score (nSPS) is 18.2. The molecule has 4 rings (SSSR count). The molecule has 1 aliphatic carbocycles. The average Bonchev–Trinajstić information content (AvgIpc) is 3.36. The number of anilines is 1. The van der Waals surface area contributed by atoms with Crippen molar-refractivity contribution >= 4 is 11.7 Å². The van der Waals surface area contributed by atoms with E-state index in [1.54, 1.807) is 0 Å². The van der Waals surface area contributed by atoms with Crippen molar-refractivity contribution < 1.29 is 23.7 Å². The summed E-state index contributed by atoms with van der Waals surface area (Å²) in [6, 6.07) is 5.89. The fourth-order valence-electron chi connectivity index (χ4n) is 3.61. The Morgan fingerprint density at radius 1 is 1.13 bits per heavy atom. The first kappa shape index (κ1) is 20.5. The fraction of sp³-hybridized carbons (Fsp3) is 0.478. The Bertz CT molecular complexity index is 926. The van der Waals surface area contributed by atoms with Crippen LogP contribution in [0.15, 0.2) is 18.2 Å². The molecule has 1 aromatic heterocycles. The lowest BCUT2D eigenvalue weighted by atomic mass is 10.1. The second kappa shape index (κ2) is 8.52. The summed E-state index contributed by atoms with van der Waals surface area (Å²) in [6.07, 6.45) is 3.41. The van der Waals surface area contributed by atoms with Gasteiger partial charge in [0.05, 0.1) is 31.5 Å². The molecular weight excluding hydrogens is 384 g/mol. The average molecular weight is 412 g/mol. The van der Waals surface area contributed by atoms with Crippen LogP contribution in [-0.4, -0.2) is 43.4 Å². The van der Waals surface area contributed by atoms with E-state index in [4.69, 9.17) is 18.9 Å². The molecule has 30 heavy (non-hydrogen) atoms. The minimum absolute atomic E-state index is 0.130. The van der Waals surface area contributed by atoms with Crippen LogP contribution in [0.25, 0.3) is 0 Å². The lowest BCUT2D eigenvalue weighted by molar-refractivity contribution is 0.0598. The van der Waals surface area contributed by atoms with Crippen LogP contribution in [0.2, 0.25) is 0 Å². The molecule has 2 aromatic rings. The highest BCUT2D eigenvalue weighted by atomic mass is 16.5. The number of hydrogen-bond acceptors (Lipinski definition) is 7. The molecule has 2 heterocycles. The van der Waals surface area contributed by atoms with Gasteiger partial charge in [-0.05, 0) is 69.4 Å². The fourth-order valence-corrected chi connectivity index (χ4v) is 3.61. The summed E-state index contributed by atoms with van der Waals surface area (Å²) < 4.78 is 22.6. The molecule has 1 aromatic carbocycles. The molecule has 1 saturated carbocycles. The van der Waals surface area contributed by atoms with Gasteiger partial charge in [0.1, 0.15) is 17.1 Å². The van der Waals surface area contributed by atoms with E-state index in [1.165, 1.54) is 7.11 Å². The number of esters is 1. The molecule has 1 unspecified atom stereocenters. The Morgan fingerprint density at radius 3 is 2.47 bits per heavy atom. The SMILES string of the molecule is COC(=O)c1c(NC2CCOC2)cc(C)nc1Oc1c(C)cc(OC2CC2)cc1C. The quantitative estimate of drug-likeness (QED) is 0.678. The predicted molar refractivity (Wildman–Crippen MR) is 113 cm³/mol. The number of nitrogens with zero attached hydrogens (tertiary/aromatic N) is 1. The molecule has 160 valence electrons. The van der Waals surface area contributed by atoms with Gasteiger partial charge in [-0.25, -0.2) is 9.78 Å². The zero-order chi connectivity index (χ0) is 21.3. The van der Waals surface area contributed by atoms with E-state index in [-0.39, 0.29) is 17.5 Å². The third kappa shape index (κ3) is 4.51. The molecule has 0 amide bonds. The molecule has 0 radical (unpaired) electrons. The molecule has 1 saturated heterocycles. The first-order chi connectivity index (χ1) is 14.4. The number of hydrogen-bond donors (Lipinski definition) is 1. The first-order valence-electron chi connectivity index (χ1n) is 10.3. The van der Waals surface area contributed by atoms with Gasteiger partial charge in [0.15, 0.2) is 0 Å². The second-order valence-electron chi connectivity index (χ2n) is 7.99. The zero-order valence-electron chi connectivity index (χ0n) is 17.9. The molecule has 2 fully saturated rings. The lowest BCUT2D eigenvalue weighted by Gasteiger charge is -2.20. The number of carbonyl (C=O) groups excluding carboxylic acids is 1. The van der Waals surface area contributed by atoms with Gasteiger partial charge in [-0.15, -0.1) is 0 Å². The number of benzene rings is 1. The van der Waals surface area contributed by atoms with E-state index in [0.717, 1.165) is 41.8 Å². The Morgan fingerprint density at radius 2 is 1.87 bits per heavy atom. The summed E-state index contributed by atoms with van der Waals surface area (Å²) >= 11 is 0. The standard InChI is InChI=1S/C23H28N2O5/c1-13-9-18(29-17-5-6-17)10-14(2)21(13)30-22-20(23(26)27-4)19(11-15(3)24-22)25-16-7-8-28-12-16/h9-11,16-17H,5-8,12H2,1-4H3,(H,24,25). The van der Waals surface area contributed by atoms with Crippen molar-refractivity contribution in [3.63, 3.8) is 0 Å². The topological polar surface area (TPSA) is 78.9 Å². The van der Waals surface area contributed by atoms with Crippen molar-refractivity contribution in [2.45, 2.75) is 52.2 Å². The molecular formula is C23H28N2O5. The summed E-state index contributed by atoms with van der Waals surface area (Å²) in [5, 5.41) is 3.39. The largest absolute Gasteiger partial charge is 0.490 e. The lowest BCUT2D eigenvalue weighted by Crippen LogP contribution is -2.22. The van der Waals surface area contributed by atoms with Gasteiger partial charge in [-0.3, -0.25) is 0 Å². The van der Waals surface area contributed by atoms with Crippen molar-refractivity contribution in [3.8, 4) is 17.4 Å². The Kier molecular flexibility index (Phi) is 5.81. The van der Waals surface area contributed by atoms with Crippen LogP contribution >= 0.6 is 0 Å². The minimum atomic E-state index is -0.497. The van der Waals surface area contributed by atoms with Crippen LogP contribution in [0.3, 0.4) is 0 Å². The monoisotopic (exact) mass is 412 g/mol. The van der Waals surface area contributed by atoms with Crippen molar-refractivity contribution in [2.24, 2.45) is 0 Å². The summed E-state index contributed by atoms with van der Waals surface area (Å²) in [5.41, 5.74) is 3.51. The van der Waals surface area contributed by atoms with Gasteiger partial charge in [0, 0.05) is 12.3 Å². The molecule has 7 heteroatoms. The molecule has 0 spiro atoms. The number of pyridine rings is 1. The van der Waals surface area contributed by atoms with E-state index < -0.39 is 5.97 Å². The first-order valence-corrected chi connectivity index (χ1v) is 10.3. The van der Waals surface area contributed by atoms with Crippen molar-refractivity contribution in [2.75, 3.05) is 25.6 Å². The van der Waals surface area contributed by atoms with Gasteiger partial charge in [-0.2, -0.15) is 0 Å². The van der Waals surface area contributed by atoms with Crippen LogP contribution in [0, 0.1) is 20.8 Å². The third-order valence-corrected chi connectivity index (χ3v) is 5.25. The van der Waals surface area contributed by atoms with E-state index in [0.29, 0.717) is 30.8 Å². The third-order valence-electron chi connectivity index (χ3n) is 5.25. The Hall–Kier alpha value is -2.80. The smallest absolute Gasteiger partial charge is 0.345 e. The van der Waals surface area contributed by atoms with E-state index in [9.17, 15) is 4.79 Å². The number of methoxy groups -OCH3 is 1. The Balaban J connectivity index is 1.69. The summed E-state index contributed by atoms with van der Waals surface area (Å²) in [4.78, 5) is 17.2. The second-order valence-corrected chi connectivity index (χ2v) is 7.99. The molecule has 2 aliphatic rings. The summed E-state index contributed by atoms with van der Waals surface area (Å²) in [7, 11) is 1.36. The number of ether oxygens (including phenoxy) is 4. The highest BCUT2D eigenvalue weighted by molar-refractivity contribution is 5.98. The van der Waals surface area contributed by atoms with E-state index in [2.05, 4.69) is 10.3 Å². The molecule has 1 aliphatic heterocycles. The summed E-state index contributed by atoms with van der Waals surface area (Å²) in [5.74, 6) is 1.23. The maximum absolute atomic E-state index is 12.6. The maximum Gasteiger partial charge on any atom is 0.345 e. The van der Waals surface area contributed by atoms with Gasteiger partial charge in [0.2, 0.25) is 5.88 Å². The number of nitrogens with one attached hydrogen (secondary N) is 1. The molecule has 1 atom stereocenters. The van der Waals surface area contributed by atoms with E-state index >= 15 is 0 Å². The maximum atomic E-state index is 12.6. The predicted octanol–water partition coefficient (Wildman–Crippen LogP) is 4.33. The van der Waals surface area contributed by atoms with Crippen LogP contribution in [0.4, 0.5) is 5.69 Å². The number of aryl methyl sites for hydroxylation is 3. The number of carbonyl (C=O) groups is 1. The van der Waals surface area contributed by atoms with Crippen LogP contribution in [0.1, 0.15) is 46.4 Å². The van der Waals surface area contributed by atoms with E-state index in [1.807, 2.05) is 39.0 Å². The van der Waals surface area contributed by atoms with Gasteiger partial charge in [-0.1, -0.05) is 0 Å². The number of rotatable bonds is 7. The number of aromatic nitrogens is 1. The van der Waals surface area contributed by atoms with Gasteiger partial charge >= 0.3 is 5.97 Å². The highest BCUT2D eigenvalue weighted by Crippen LogP contribution is 2.37. The van der Waals surface area contributed by atoms with Crippen LogP contribution in [0.5, 0.6) is 17.4 Å². The minimum Gasteiger partial charge on any atom is -0.490 e. The molecule has 7 nitrogen and oxygen atoms in total. The van der Waals surface area contributed by atoms with Gasteiger partial charge in [0.25, 0.3) is 0 Å². The summed E-state index contributed by atoms with van der Waals surface area (Å²) in [6.45, 7) is 7.09. The molecule has 0 bridgehead atoms. The van der Waals surface area contributed by atoms with Crippen LogP contribution in [-0.2, 0) is 9.47 Å². The zero-order valence-corrected chi connectivity index (χ0v) is 17.9. The van der Waals surface area contributed by atoms with Crippen molar-refractivity contribution in [1.82, 2.24) is 4.98 Å². The van der Waals surface area contributed by atoms with Gasteiger partial charge < -0.3 is 24.3 Å². The van der Waals surface area contributed by atoms with Crippen molar-refractivity contribution in [3.05, 3.63) is 40.6 Å². The Labute approximate surface area is 176 Å².